The van der Waals surface area contributed by atoms with Crippen LogP contribution in [-0.2, 0) is 13.0 Å². The SMILES string of the molecule is Cc1ccc([C@H](C)NC(=O)N[C@H]2CCCc3c2cnn3CCO)o1. The van der Waals surface area contributed by atoms with E-state index in [4.69, 9.17) is 9.52 Å². The second kappa shape index (κ2) is 7.09. The fourth-order valence-electron chi connectivity index (χ4n) is 3.21. The van der Waals surface area contributed by atoms with Crippen LogP contribution < -0.4 is 10.6 Å². The van der Waals surface area contributed by atoms with Crippen LogP contribution >= 0.6 is 0 Å². The molecule has 1 aliphatic carbocycles. The number of furan rings is 1. The number of nitrogens with one attached hydrogen (secondary N) is 2. The summed E-state index contributed by atoms with van der Waals surface area (Å²) in [7, 11) is 0. The second-order valence-electron chi connectivity index (χ2n) is 6.23. The first-order chi connectivity index (χ1) is 11.6. The first-order valence-electron chi connectivity index (χ1n) is 8.37. The Hall–Kier alpha value is -2.28. The number of aliphatic hydroxyl groups excluding tert-OH is 1. The standard InChI is InChI=1S/C17H24N4O3/c1-11-6-7-16(24-11)12(2)19-17(23)20-14-4-3-5-15-13(14)10-18-21(15)8-9-22/h6-7,10,12,14,22H,3-5,8-9H2,1-2H3,(H2,19,20,23)/t12-,14-/m0/s1. The van der Waals surface area contributed by atoms with Crippen LogP contribution in [0.3, 0.4) is 0 Å². The van der Waals surface area contributed by atoms with Gasteiger partial charge in [0.05, 0.1) is 31.4 Å². The number of carbonyl (C=O) groups excluding carboxylic acids is 1. The zero-order valence-electron chi connectivity index (χ0n) is 14.1. The van der Waals surface area contributed by atoms with E-state index >= 15 is 0 Å². The molecular formula is C17H24N4O3. The van der Waals surface area contributed by atoms with Crippen molar-refractivity contribution < 1.29 is 14.3 Å². The Kier molecular flexibility index (Phi) is 4.89. The van der Waals surface area contributed by atoms with E-state index in [9.17, 15) is 4.79 Å². The van der Waals surface area contributed by atoms with Crippen LogP contribution in [0.4, 0.5) is 4.79 Å². The lowest BCUT2D eigenvalue weighted by Crippen LogP contribution is -2.40. The van der Waals surface area contributed by atoms with Crippen LogP contribution in [0.1, 0.15) is 54.6 Å². The van der Waals surface area contributed by atoms with Gasteiger partial charge in [-0.2, -0.15) is 5.10 Å². The van der Waals surface area contributed by atoms with Crippen molar-refractivity contribution in [2.45, 2.75) is 51.7 Å². The lowest BCUT2D eigenvalue weighted by Gasteiger charge is -2.25. The summed E-state index contributed by atoms with van der Waals surface area (Å²) in [6, 6.07) is 3.29. The average Bonchev–Trinajstić information content (AvgIpc) is 3.15. The highest BCUT2D eigenvalue weighted by Crippen LogP contribution is 2.29. The van der Waals surface area contributed by atoms with E-state index in [1.54, 1.807) is 6.20 Å². The number of aryl methyl sites for hydroxylation is 1. The molecule has 0 aliphatic heterocycles. The van der Waals surface area contributed by atoms with Gasteiger partial charge in [-0.3, -0.25) is 4.68 Å². The van der Waals surface area contributed by atoms with Gasteiger partial charge in [-0.15, -0.1) is 0 Å². The monoisotopic (exact) mass is 332 g/mol. The van der Waals surface area contributed by atoms with Crippen LogP contribution in [-0.4, -0.2) is 27.5 Å². The predicted molar refractivity (Wildman–Crippen MR) is 88.5 cm³/mol. The van der Waals surface area contributed by atoms with Gasteiger partial charge in [0.15, 0.2) is 0 Å². The van der Waals surface area contributed by atoms with Crippen molar-refractivity contribution in [1.29, 1.82) is 0 Å². The predicted octanol–water partition coefficient (Wildman–Crippen LogP) is 2.21. The van der Waals surface area contributed by atoms with E-state index in [1.807, 2.05) is 30.7 Å². The Balaban J connectivity index is 1.63. The van der Waals surface area contributed by atoms with Crippen molar-refractivity contribution in [2.75, 3.05) is 6.61 Å². The van der Waals surface area contributed by atoms with E-state index in [0.717, 1.165) is 42.0 Å². The molecule has 130 valence electrons. The van der Waals surface area contributed by atoms with Crippen molar-refractivity contribution in [1.82, 2.24) is 20.4 Å². The Morgan fingerprint density at radius 2 is 2.38 bits per heavy atom. The average molecular weight is 332 g/mol. The first kappa shape index (κ1) is 16.6. The molecule has 0 saturated carbocycles. The second-order valence-corrected chi connectivity index (χ2v) is 6.23. The Morgan fingerprint density at radius 1 is 1.54 bits per heavy atom. The molecule has 0 radical (unpaired) electrons. The third-order valence-electron chi connectivity index (χ3n) is 4.42. The number of nitrogens with zero attached hydrogens (tertiary/aromatic N) is 2. The van der Waals surface area contributed by atoms with Crippen LogP contribution in [0, 0.1) is 6.92 Å². The number of aromatic nitrogens is 2. The summed E-state index contributed by atoms with van der Waals surface area (Å²) in [5.41, 5.74) is 2.15. The molecule has 0 spiro atoms. The van der Waals surface area contributed by atoms with Crippen LogP contribution in [0.2, 0.25) is 0 Å². The molecule has 0 bridgehead atoms. The molecule has 7 heteroatoms. The van der Waals surface area contributed by atoms with E-state index in [2.05, 4.69) is 15.7 Å². The fraction of sp³-hybridized carbons (Fsp3) is 0.529. The summed E-state index contributed by atoms with van der Waals surface area (Å²) in [6.45, 7) is 4.32. The molecule has 2 atom stereocenters. The van der Waals surface area contributed by atoms with Gasteiger partial charge in [0.2, 0.25) is 0 Å². The maximum absolute atomic E-state index is 12.3. The van der Waals surface area contributed by atoms with Crippen molar-refractivity contribution in [3.05, 3.63) is 41.1 Å². The minimum atomic E-state index is -0.218. The Labute approximate surface area is 141 Å². The van der Waals surface area contributed by atoms with Gasteiger partial charge in [-0.25, -0.2) is 4.79 Å². The number of fused-ring (bicyclic) bond motifs is 1. The highest BCUT2D eigenvalue weighted by atomic mass is 16.3. The number of hydrogen-bond acceptors (Lipinski definition) is 4. The quantitative estimate of drug-likeness (QED) is 0.783. The molecule has 2 aromatic rings. The van der Waals surface area contributed by atoms with Gasteiger partial charge in [-0.1, -0.05) is 0 Å². The number of rotatable bonds is 5. The molecule has 2 aromatic heterocycles. The van der Waals surface area contributed by atoms with Crippen LogP contribution in [0.25, 0.3) is 0 Å². The molecule has 3 rings (SSSR count). The summed E-state index contributed by atoms with van der Waals surface area (Å²) >= 11 is 0. The van der Waals surface area contributed by atoms with Gasteiger partial charge in [0.1, 0.15) is 11.5 Å². The lowest BCUT2D eigenvalue weighted by molar-refractivity contribution is 0.230. The Bertz CT molecular complexity index is 707. The van der Waals surface area contributed by atoms with Crippen LogP contribution in [0.5, 0.6) is 0 Å². The molecule has 24 heavy (non-hydrogen) atoms. The Morgan fingerprint density at radius 3 is 3.08 bits per heavy atom. The maximum atomic E-state index is 12.3. The van der Waals surface area contributed by atoms with Gasteiger partial charge in [-0.05, 0) is 45.2 Å². The van der Waals surface area contributed by atoms with E-state index in [1.165, 1.54) is 0 Å². The van der Waals surface area contributed by atoms with Crippen molar-refractivity contribution in [2.24, 2.45) is 0 Å². The van der Waals surface area contributed by atoms with E-state index < -0.39 is 0 Å². The van der Waals surface area contributed by atoms with E-state index in [0.29, 0.717) is 6.54 Å². The van der Waals surface area contributed by atoms with Gasteiger partial charge in [0.25, 0.3) is 0 Å². The maximum Gasteiger partial charge on any atom is 0.315 e. The highest BCUT2D eigenvalue weighted by Gasteiger charge is 2.26. The minimum Gasteiger partial charge on any atom is -0.464 e. The topological polar surface area (TPSA) is 92.3 Å². The number of hydrogen-bond donors (Lipinski definition) is 3. The number of aliphatic hydroxyl groups is 1. The summed E-state index contributed by atoms with van der Waals surface area (Å²) in [5, 5.41) is 19.4. The molecule has 0 aromatic carbocycles. The summed E-state index contributed by atoms with van der Waals surface area (Å²) < 4.78 is 7.37. The molecule has 2 amide bonds. The molecule has 0 unspecified atom stereocenters. The number of urea groups is 1. The third kappa shape index (κ3) is 3.46. The first-order valence-corrected chi connectivity index (χ1v) is 8.37. The van der Waals surface area contributed by atoms with Gasteiger partial charge < -0.3 is 20.2 Å². The summed E-state index contributed by atoms with van der Waals surface area (Å²) in [5.74, 6) is 1.56. The normalized spacial score (nSPS) is 18.0. The fourth-order valence-corrected chi connectivity index (χ4v) is 3.21. The van der Waals surface area contributed by atoms with Crippen molar-refractivity contribution >= 4 is 6.03 Å². The van der Waals surface area contributed by atoms with Crippen molar-refractivity contribution in [3.63, 3.8) is 0 Å². The summed E-state index contributed by atoms with van der Waals surface area (Å²) in [6.07, 6.45) is 4.60. The third-order valence-corrected chi connectivity index (χ3v) is 4.42. The van der Waals surface area contributed by atoms with Crippen LogP contribution in [0.15, 0.2) is 22.7 Å². The van der Waals surface area contributed by atoms with Gasteiger partial charge in [0, 0.05) is 11.3 Å². The van der Waals surface area contributed by atoms with Gasteiger partial charge >= 0.3 is 6.03 Å². The van der Waals surface area contributed by atoms with Crippen molar-refractivity contribution in [3.8, 4) is 0 Å². The zero-order valence-corrected chi connectivity index (χ0v) is 14.1. The smallest absolute Gasteiger partial charge is 0.315 e. The van der Waals surface area contributed by atoms with E-state index in [-0.39, 0.29) is 24.7 Å². The zero-order chi connectivity index (χ0) is 17.1. The molecule has 2 heterocycles. The molecule has 0 saturated heterocycles. The minimum absolute atomic E-state index is 0.0493. The number of amides is 2. The molecule has 1 aliphatic rings. The largest absolute Gasteiger partial charge is 0.464 e. The molecular weight excluding hydrogens is 308 g/mol. The summed E-state index contributed by atoms with van der Waals surface area (Å²) in [4.78, 5) is 12.3. The lowest BCUT2D eigenvalue weighted by atomic mass is 9.93. The molecule has 7 nitrogen and oxygen atoms in total. The highest BCUT2D eigenvalue weighted by molar-refractivity contribution is 5.75. The molecule has 3 N–H and O–H groups in total. The number of carbonyl (C=O) groups is 1. The molecule has 0 fully saturated rings.